The predicted molar refractivity (Wildman–Crippen MR) is 65.2 cm³/mol. The summed E-state index contributed by atoms with van der Waals surface area (Å²) in [5.41, 5.74) is 1.09. The van der Waals surface area contributed by atoms with Crippen LogP contribution in [0.5, 0.6) is 0 Å². The fraction of sp³-hybridized carbons (Fsp3) is 0.833. The minimum absolute atomic E-state index is 0.294. The van der Waals surface area contributed by atoms with Crippen molar-refractivity contribution in [3.8, 4) is 0 Å². The average molecular weight is 252 g/mol. The maximum Gasteiger partial charge on any atom is 0.0929 e. The van der Waals surface area contributed by atoms with E-state index in [1.807, 2.05) is 11.6 Å². The lowest BCUT2D eigenvalue weighted by Crippen LogP contribution is -2.48. The molecule has 18 heavy (non-hydrogen) atoms. The van der Waals surface area contributed by atoms with Gasteiger partial charge in [0.05, 0.1) is 37.3 Å². The van der Waals surface area contributed by atoms with Crippen LogP contribution in [0, 0.1) is 0 Å². The number of ether oxygens (including phenoxy) is 2. The summed E-state index contributed by atoms with van der Waals surface area (Å²) in [6.07, 6.45) is 3.16. The Kier molecular flexibility index (Phi) is 3.58. The van der Waals surface area contributed by atoms with E-state index in [1.165, 1.54) is 0 Å². The lowest BCUT2D eigenvalue weighted by molar-refractivity contribution is -0.0683. The molecule has 0 spiro atoms. The molecule has 1 fully saturated rings. The quantitative estimate of drug-likeness (QED) is 0.729. The Hall–Kier alpha value is -0.980. The van der Waals surface area contributed by atoms with Crippen molar-refractivity contribution in [2.75, 3.05) is 32.8 Å². The van der Waals surface area contributed by atoms with Gasteiger partial charge in [0, 0.05) is 26.2 Å². The molecule has 2 aliphatic heterocycles. The molecular weight excluding hydrogens is 232 g/mol. The van der Waals surface area contributed by atoms with Crippen LogP contribution in [0.25, 0.3) is 0 Å². The van der Waals surface area contributed by atoms with Gasteiger partial charge in [0.25, 0.3) is 0 Å². The number of fused-ring (bicyclic) bond motifs is 3. The highest BCUT2D eigenvalue weighted by Crippen LogP contribution is 2.29. The van der Waals surface area contributed by atoms with Crippen LogP contribution in [-0.2, 0) is 16.1 Å². The summed E-state index contributed by atoms with van der Waals surface area (Å²) in [5, 5.41) is 8.19. The first-order valence-electron chi connectivity index (χ1n) is 6.69. The Morgan fingerprint density at radius 3 is 3.39 bits per heavy atom. The summed E-state index contributed by atoms with van der Waals surface area (Å²) >= 11 is 0. The Balaban J connectivity index is 1.64. The summed E-state index contributed by atoms with van der Waals surface area (Å²) in [5.74, 6) is 0. The van der Waals surface area contributed by atoms with Crippen molar-refractivity contribution < 1.29 is 9.47 Å². The first-order chi connectivity index (χ1) is 8.88. The van der Waals surface area contributed by atoms with Crippen molar-refractivity contribution in [3.63, 3.8) is 0 Å². The molecule has 1 aromatic heterocycles. The second-order valence-electron chi connectivity index (χ2n) is 4.87. The molecule has 0 aliphatic carbocycles. The van der Waals surface area contributed by atoms with Crippen LogP contribution in [0.4, 0.5) is 0 Å². The predicted octanol–water partition coefficient (Wildman–Crippen LogP) is 0.460. The van der Waals surface area contributed by atoms with Crippen LogP contribution >= 0.6 is 0 Å². The molecule has 1 saturated heterocycles. The van der Waals surface area contributed by atoms with Gasteiger partial charge in [0.1, 0.15) is 0 Å². The maximum atomic E-state index is 5.88. The van der Waals surface area contributed by atoms with E-state index in [4.69, 9.17) is 9.47 Å². The molecule has 0 unspecified atom stereocenters. The molecule has 0 N–H and O–H groups in total. The van der Waals surface area contributed by atoms with Crippen LogP contribution in [0.1, 0.15) is 25.1 Å². The van der Waals surface area contributed by atoms with Gasteiger partial charge in [-0.05, 0) is 13.3 Å². The lowest BCUT2D eigenvalue weighted by atomic mass is 10.0. The molecule has 2 atom stereocenters. The van der Waals surface area contributed by atoms with Gasteiger partial charge >= 0.3 is 0 Å². The van der Waals surface area contributed by atoms with E-state index >= 15 is 0 Å². The van der Waals surface area contributed by atoms with Crippen molar-refractivity contribution in [2.24, 2.45) is 0 Å². The van der Waals surface area contributed by atoms with Crippen molar-refractivity contribution in [2.45, 2.75) is 32.1 Å². The third-order valence-corrected chi connectivity index (χ3v) is 3.77. The van der Waals surface area contributed by atoms with Crippen LogP contribution in [-0.4, -0.2) is 58.8 Å². The largest absolute Gasteiger partial charge is 0.380 e. The lowest BCUT2D eigenvalue weighted by Gasteiger charge is -2.40. The number of piperidine rings is 1. The van der Waals surface area contributed by atoms with Crippen LogP contribution in [0.2, 0.25) is 0 Å². The number of hydrogen-bond donors (Lipinski definition) is 0. The highest BCUT2D eigenvalue weighted by molar-refractivity contribution is 5.01. The highest BCUT2D eigenvalue weighted by Gasteiger charge is 2.36. The molecule has 3 rings (SSSR count). The maximum absolute atomic E-state index is 5.88. The molecule has 100 valence electrons. The van der Waals surface area contributed by atoms with Gasteiger partial charge in [-0.2, -0.15) is 0 Å². The van der Waals surface area contributed by atoms with Gasteiger partial charge in [-0.25, -0.2) is 4.68 Å². The summed E-state index contributed by atoms with van der Waals surface area (Å²) in [4.78, 5) is 2.43. The topological polar surface area (TPSA) is 52.4 Å². The van der Waals surface area contributed by atoms with Crippen molar-refractivity contribution >= 4 is 0 Å². The third kappa shape index (κ3) is 2.28. The third-order valence-electron chi connectivity index (χ3n) is 3.77. The molecule has 3 heterocycles. The van der Waals surface area contributed by atoms with Gasteiger partial charge in [-0.3, -0.25) is 4.90 Å². The molecule has 6 nitrogen and oxygen atoms in total. The van der Waals surface area contributed by atoms with Crippen LogP contribution < -0.4 is 0 Å². The monoisotopic (exact) mass is 252 g/mol. The minimum atomic E-state index is 0.294. The summed E-state index contributed by atoms with van der Waals surface area (Å²) in [6, 6.07) is 0.312. The molecule has 0 saturated carbocycles. The van der Waals surface area contributed by atoms with Gasteiger partial charge in [0.2, 0.25) is 0 Å². The van der Waals surface area contributed by atoms with Gasteiger partial charge in [0.15, 0.2) is 0 Å². The standard InChI is InChI=1S/C12H20N4O2/c1-2-17-6-5-15-4-3-12-11(8-15)16-10(9-18-12)7-13-14-16/h7,11-12H,2-6,8-9H2,1H3/t11-,12-/m1/s1. The SMILES string of the molecule is CCOCCN1CC[C@H]2OCc3cnnn3[C@@H]2C1. The minimum Gasteiger partial charge on any atom is -0.380 e. The van der Waals surface area contributed by atoms with Gasteiger partial charge in [-0.1, -0.05) is 5.21 Å². The number of likely N-dealkylation sites (tertiary alicyclic amines) is 1. The number of nitrogens with zero attached hydrogens (tertiary/aromatic N) is 4. The number of rotatable bonds is 4. The molecule has 0 bridgehead atoms. The molecule has 0 amide bonds. The second-order valence-corrected chi connectivity index (χ2v) is 4.87. The second kappa shape index (κ2) is 5.34. The van der Waals surface area contributed by atoms with Crippen molar-refractivity contribution in [1.29, 1.82) is 0 Å². The average Bonchev–Trinajstić information content (AvgIpc) is 2.87. The van der Waals surface area contributed by atoms with E-state index in [0.717, 1.165) is 45.0 Å². The molecule has 0 aromatic carbocycles. The van der Waals surface area contributed by atoms with Gasteiger partial charge in [-0.15, -0.1) is 5.10 Å². The number of aromatic nitrogens is 3. The zero-order chi connectivity index (χ0) is 12.4. The Morgan fingerprint density at radius 2 is 2.50 bits per heavy atom. The van der Waals surface area contributed by atoms with E-state index in [9.17, 15) is 0 Å². The Labute approximate surface area is 107 Å². The summed E-state index contributed by atoms with van der Waals surface area (Å²) in [6.45, 7) is 7.32. The summed E-state index contributed by atoms with van der Waals surface area (Å²) in [7, 11) is 0. The molecular formula is C12H20N4O2. The molecule has 1 aromatic rings. The van der Waals surface area contributed by atoms with E-state index < -0.39 is 0 Å². The summed E-state index contributed by atoms with van der Waals surface area (Å²) < 4.78 is 13.3. The van der Waals surface area contributed by atoms with E-state index in [0.29, 0.717) is 18.8 Å². The van der Waals surface area contributed by atoms with E-state index in [-0.39, 0.29) is 0 Å². The molecule has 2 aliphatic rings. The number of hydrogen-bond acceptors (Lipinski definition) is 5. The molecule has 6 heteroatoms. The zero-order valence-corrected chi connectivity index (χ0v) is 10.8. The fourth-order valence-electron chi connectivity index (χ4n) is 2.79. The Morgan fingerprint density at radius 1 is 1.56 bits per heavy atom. The van der Waals surface area contributed by atoms with E-state index in [2.05, 4.69) is 15.2 Å². The fourth-order valence-corrected chi connectivity index (χ4v) is 2.79. The first-order valence-corrected chi connectivity index (χ1v) is 6.69. The zero-order valence-electron chi connectivity index (χ0n) is 10.8. The van der Waals surface area contributed by atoms with Gasteiger partial charge < -0.3 is 9.47 Å². The van der Waals surface area contributed by atoms with Crippen molar-refractivity contribution in [1.82, 2.24) is 19.9 Å². The first kappa shape index (κ1) is 12.1. The molecule has 0 radical (unpaired) electrons. The van der Waals surface area contributed by atoms with Crippen molar-refractivity contribution in [3.05, 3.63) is 11.9 Å². The highest BCUT2D eigenvalue weighted by atomic mass is 16.5. The Bertz CT molecular complexity index is 395. The van der Waals surface area contributed by atoms with Crippen LogP contribution in [0.15, 0.2) is 6.20 Å². The van der Waals surface area contributed by atoms with Crippen LogP contribution in [0.3, 0.4) is 0 Å². The van der Waals surface area contributed by atoms with E-state index in [1.54, 1.807) is 6.20 Å². The normalized spacial score (nSPS) is 27.8. The smallest absolute Gasteiger partial charge is 0.0929 e.